The van der Waals surface area contributed by atoms with Crippen LogP contribution in [0, 0.1) is 0 Å². The van der Waals surface area contributed by atoms with Crippen LogP contribution >= 0.6 is 0 Å². The van der Waals surface area contributed by atoms with E-state index in [1.165, 1.54) is 25.2 Å². The van der Waals surface area contributed by atoms with Gasteiger partial charge in [-0.1, -0.05) is 24.3 Å². The van der Waals surface area contributed by atoms with Crippen LogP contribution < -0.4 is 0 Å². The summed E-state index contributed by atoms with van der Waals surface area (Å²) in [5.41, 5.74) is 0. The Kier molecular flexibility index (Phi) is 22.2. The van der Waals surface area contributed by atoms with Crippen LogP contribution in [-0.2, 0) is 4.79 Å². The maximum atomic E-state index is 11.0. The Bertz CT molecular complexity index is 732. The second-order valence-corrected chi connectivity index (χ2v) is 10.7. The van der Waals surface area contributed by atoms with Gasteiger partial charge in [0.1, 0.15) is 5.78 Å². The molecule has 0 saturated heterocycles. The largest absolute Gasteiger partial charge is 0.393 e. The molecule has 9 atom stereocenters. The highest BCUT2D eigenvalue weighted by molar-refractivity contribution is 5.75. The van der Waals surface area contributed by atoms with Crippen molar-refractivity contribution in [2.75, 3.05) is 6.54 Å². The van der Waals surface area contributed by atoms with Crippen LogP contribution in [0.3, 0.4) is 0 Å². The van der Waals surface area contributed by atoms with Gasteiger partial charge >= 0.3 is 0 Å². The lowest BCUT2D eigenvalue weighted by molar-refractivity contribution is -0.119. The van der Waals surface area contributed by atoms with E-state index in [-0.39, 0.29) is 63.6 Å². The van der Waals surface area contributed by atoms with Crippen LogP contribution in [-0.4, -0.2) is 119 Å². The lowest BCUT2D eigenvalue weighted by atomic mass is 9.99. The molecule has 0 bridgehead atoms. The molecule has 0 fully saturated rings. The van der Waals surface area contributed by atoms with E-state index in [1.807, 2.05) is 6.92 Å². The Morgan fingerprint density at radius 2 is 1.05 bits per heavy atom. The van der Waals surface area contributed by atoms with E-state index in [4.69, 9.17) is 0 Å². The Labute approximate surface area is 238 Å². The predicted molar refractivity (Wildman–Crippen MR) is 153 cm³/mol. The zero-order chi connectivity index (χ0) is 30.5. The maximum Gasteiger partial charge on any atom is 0.132 e. The summed E-state index contributed by atoms with van der Waals surface area (Å²) < 4.78 is 0. The van der Waals surface area contributed by atoms with E-state index in [2.05, 4.69) is 4.99 Å². The van der Waals surface area contributed by atoms with Crippen molar-refractivity contribution in [3.8, 4) is 0 Å². The SMILES string of the molecule is C/C=N/CCCC(O)CC(O)C/C=C/C(O)CC(O)CC(O)CC(O)C/C=C/C(O)CC(O)CC(O)CC(C)=O. The van der Waals surface area contributed by atoms with Gasteiger partial charge in [0.05, 0.1) is 54.9 Å². The Balaban J connectivity index is 4.20. The Morgan fingerprint density at radius 1 is 0.625 bits per heavy atom. The van der Waals surface area contributed by atoms with E-state index < -0.39 is 54.9 Å². The summed E-state index contributed by atoms with van der Waals surface area (Å²) in [6.07, 6.45) is 0.957. The second kappa shape index (κ2) is 23.1. The van der Waals surface area contributed by atoms with Crippen molar-refractivity contribution in [1.29, 1.82) is 0 Å². The summed E-state index contributed by atoms with van der Waals surface area (Å²) in [4.78, 5) is 15.0. The van der Waals surface area contributed by atoms with Crippen LogP contribution in [0.15, 0.2) is 29.3 Å². The standard InChI is InChI=1S/C29H53NO10/c1-3-30-12-6-11-25(36)14-21(32)7-4-8-23(34)16-28(39)19-29(40)17-24(35)10-5-9-22(33)15-27(38)18-26(37)13-20(2)31/h3-5,8-9,21-29,32-40H,6-7,10-19H2,1-2H3/b8-4+,9-5+,30-3+. The van der Waals surface area contributed by atoms with E-state index in [1.54, 1.807) is 12.3 Å². The summed E-state index contributed by atoms with van der Waals surface area (Å²) in [7, 11) is 0. The van der Waals surface area contributed by atoms with Crippen LogP contribution in [0.4, 0.5) is 0 Å². The van der Waals surface area contributed by atoms with Crippen LogP contribution in [0.1, 0.15) is 84.5 Å². The van der Waals surface area contributed by atoms with Gasteiger partial charge in [0.25, 0.3) is 0 Å². The number of ketones is 1. The molecule has 0 radical (unpaired) electrons. The third-order valence-corrected chi connectivity index (χ3v) is 6.27. The van der Waals surface area contributed by atoms with Crippen LogP contribution in [0.2, 0.25) is 0 Å². The summed E-state index contributed by atoms with van der Waals surface area (Å²) in [5.74, 6) is -0.193. The van der Waals surface area contributed by atoms with Crippen LogP contribution in [0.25, 0.3) is 0 Å². The number of aliphatic hydroxyl groups is 9. The summed E-state index contributed by atoms with van der Waals surface area (Å²) in [6, 6.07) is 0. The summed E-state index contributed by atoms with van der Waals surface area (Å²) in [5, 5.41) is 90.1. The fourth-order valence-electron chi connectivity index (χ4n) is 4.32. The van der Waals surface area contributed by atoms with Gasteiger partial charge in [0.15, 0.2) is 0 Å². The molecule has 0 saturated carbocycles. The molecule has 11 heteroatoms. The van der Waals surface area contributed by atoms with Crippen molar-refractivity contribution >= 4 is 12.0 Å². The van der Waals surface area contributed by atoms with Crippen molar-refractivity contribution in [2.45, 2.75) is 139 Å². The predicted octanol–water partition coefficient (Wildman–Crippen LogP) is 0.318. The van der Waals surface area contributed by atoms with Gasteiger partial charge in [0.2, 0.25) is 0 Å². The first-order chi connectivity index (χ1) is 18.8. The highest BCUT2D eigenvalue weighted by Gasteiger charge is 2.19. The minimum absolute atomic E-state index is 0.0252. The zero-order valence-electron chi connectivity index (χ0n) is 23.9. The number of nitrogens with zero attached hydrogens (tertiary/aromatic N) is 1. The lowest BCUT2D eigenvalue weighted by Gasteiger charge is -2.19. The average molecular weight is 576 g/mol. The van der Waals surface area contributed by atoms with Gasteiger partial charge in [-0.2, -0.15) is 0 Å². The minimum atomic E-state index is -1.02. The highest BCUT2D eigenvalue weighted by Crippen LogP contribution is 2.15. The third-order valence-electron chi connectivity index (χ3n) is 6.27. The maximum absolute atomic E-state index is 11.0. The first kappa shape index (κ1) is 38.5. The number of carbonyl (C=O) groups is 1. The zero-order valence-corrected chi connectivity index (χ0v) is 23.9. The number of carbonyl (C=O) groups excluding carboxylic acids is 1. The van der Waals surface area contributed by atoms with Crippen molar-refractivity contribution in [2.24, 2.45) is 4.99 Å². The van der Waals surface area contributed by atoms with Crippen molar-refractivity contribution < 1.29 is 50.8 Å². The fourth-order valence-corrected chi connectivity index (χ4v) is 4.32. The number of aliphatic hydroxyl groups excluding tert-OH is 9. The van der Waals surface area contributed by atoms with Crippen LogP contribution in [0.5, 0.6) is 0 Å². The van der Waals surface area contributed by atoms with Gasteiger partial charge in [-0.15, -0.1) is 0 Å². The molecule has 11 nitrogen and oxygen atoms in total. The third kappa shape index (κ3) is 23.2. The monoisotopic (exact) mass is 575 g/mol. The van der Waals surface area contributed by atoms with Gasteiger partial charge in [0, 0.05) is 25.8 Å². The topological polar surface area (TPSA) is 211 Å². The highest BCUT2D eigenvalue weighted by atomic mass is 16.3. The smallest absolute Gasteiger partial charge is 0.132 e. The molecule has 0 aromatic heterocycles. The lowest BCUT2D eigenvalue weighted by Crippen LogP contribution is -2.25. The van der Waals surface area contributed by atoms with Gasteiger partial charge in [-0.05, 0) is 71.4 Å². The number of Topliss-reactive ketones (excluding diaryl/α,β-unsaturated/α-hetero) is 1. The number of hydrogen-bond acceptors (Lipinski definition) is 11. The number of aliphatic imine (C=N–C) groups is 1. The molecule has 0 amide bonds. The second-order valence-electron chi connectivity index (χ2n) is 10.7. The molecule has 9 N–H and O–H groups in total. The summed E-state index contributed by atoms with van der Waals surface area (Å²) in [6.45, 7) is 3.81. The first-order valence-electron chi connectivity index (χ1n) is 14.2. The van der Waals surface area contributed by atoms with E-state index in [0.717, 1.165) is 6.42 Å². The van der Waals surface area contributed by atoms with E-state index in [0.29, 0.717) is 13.0 Å². The quantitative estimate of drug-likeness (QED) is 0.0437. The Morgan fingerprint density at radius 3 is 1.52 bits per heavy atom. The number of hydrogen-bond donors (Lipinski definition) is 9. The Hall–Kier alpha value is -1.54. The number of rotatable bonds is 24. The molecule has 0 aliphatic carbocycles. The minimum Gasteiger partial charge on any atom is -0.393 e. The molecule has 0 heterocycles. The molecule has 0 aliphatic heterocycles. The van der Waals surface area contributed by atoms with E-state index >= 15 is 0 Å². The molecule has 9 unspecified atom stereocenters. The normalized spacial score (nSPS) is 19.5. The van der Waals surface area contributed by atoms with Gasteiger partial charge in [-0.25, -0.2) is 0 Å². The molecular weight excluding hydrogens is 522 g/mol. The van der Waals surface area contributed by atoms with Crippen molar-refractivity contribution in [1.82, 2.24) is 0 Å². The average Bonchev–Trinajstić information content (AvgIpc) is 2.80. The van der Waals surface area contributed by atoms with Crippen molar-refractivity contribution in [3.05, 3.63) is 24.3 Å². The van der Waals surface area contributed by atoms with Crippen molar-refractivity contribution in [3.63, 3.8) is 0 Å². The molecule has 0 spiro atoms. The summed E-state index contributed by atoms with van der Waals surface area (Å²) >= 11 is 0. The molecule has 234 valence electrons. The van der Waals surface area contributed by atoms with Gasteiger partial charge < -0.3 is 46.0 Å². The molecule has 0 aromatic rings. The van der Waals surface area contributed by atoms with Gasteiger partial charge in [-0.3, -0.25) is 9.79 Å². The molecule has 0 aromatic carbocycles. The molecular formula is C29H53NO10. The fraction of sp³-hybridized carbons (Fsp3) is 0.793. The molecule has 0 aliphatic rings. The molecule has 0 rings (SSSR count). The van der Waals surface area contributed by atoms with E-state index in [9.17, 15) is 50.8 Å². The first-order valence-corrected chi connectivity index (χ1v) is 14.2. The molecule has 40 heavy (non-hydrogen) atoms.